The van der Waals surface area contributed by atoms with E-state index in [1.807, 2.05) is 0 Å². The molecule has 17 heavy (non-hydrogen) atoms. The molecule has 1 fully saturated rings. The molecule has 0 aromatic carbocycles. The third-order valence-electron chi connectivity index (χ3n) is 3.23. The van der Waals surface area contributed by atoms with Crippen molar-refractivity contribution in [3.63, 3.8) is 0 Å². The second-order valence-corrected chi connectivity index (χ2v) is 4.79. The number of carbonyl (C=O) groups excluding carboxylic acids is 2. The highest BCUT2D eigenvalue weighted by atomic mass is 16.2. The number of rotatable bonds is 5. The predicted octanol–water partition coefficient (Wildman–Crippen LogP) is 0.146. The Labute approximate surface area is 103 Å². The minimum absolute atomic E-state index is 0.0324. The fourth-order valence-corrected chi connectivity index (χ4v) is 1.95. The molecule has 0 spiro atoms. The van der Waals surface area contributed by atoms with Gasteiger partial charge in [0.1, 0.15) is 0 Å². The smallest absolute Gasteiger partial charge is 0.220 e. The Bertz CT molecular complexity index is 260. The summed E-state index contributed by atoms with van der Waals surface area (Å²) in [6.45, 7) is 3.75. The molecule has 1 unspecified atom stereocenters. The van der Waals surface area contributed by atoms with Crippen LogP contribution < -0.4 is 16.4 Å². The number of nitrogens with two attached hydrogens (primary N) is 1. The van der Waals surface area contributed by atoms with E-state index in [9.17, 15) is 9.59 Å². The lowest BCUT2D eigenvalue weighted by molar-refractivity contribution is -0.123. The SMILES string of the molecule is CC(CCC(=O)N[C@H]1CCCNCC1)C(N)=O. The molecule has 0 radical (unpaired) electrons. The summed E-state index contributed by atoms with van der Waals surface area (Å²) in [7, 11) is 0. The quantitative estimate of drug-likeness (QED) is 0.640. The van der Waals surface area contributed by atoms with Crippen LogP contribution in [0.15, 0.2) is 0 Å². The van der Waals surface area contributed by atoms with Crippen molar-refractivity contribution in [3.8, 4) is 0 Å². The van der Waals surface area contributed by atoms with E-state index < -0.39 is 0 Å². The van der Waals surface area contributed by atoms with E-state index in [4.69, 9.17) is 5.73 Å². The molecule has 0 bridgehead atoms. The molecule has 1 rings (SSSR count). The van der Waals surface area contributed by atoms with Crippen LogP contribution in [-0.4, -0.2) is 30.9 Å². The topological polar surface area (TPSA) is 84.2 Å². The molecular formula is C12H23N3O2. The lowest BCUT2D eigenvalue weighted by Gasteiger charge is -2.16. The molecule has 0 aromatic heterocycles. The van der Waals surface area contributed by atoms with Gasteiger partial charge >= 0.3 is 0 Å². The van der Waals surface area contributed by atoms with E-state index in [-0.39, 0.29) is 23.8 Å². The monoisotopic (exact) mass is 241 g/mol. The highest BCUT2D eigenvalue weighted by Gasteiger charge is 2.16. The van der Waals surface area contributed by atoms with E-state index in [2.05, 4.69) is 10.6 Å². The first-order valence-electron chi connectivity index (χ1n) is 6.39. The fraction of sp³-hybridized carbons (Fsp3) is 0.833. The molecule has 2 atom stereocenters. The number of primary amides is 1. The van der Waals surface area contributed by atoms with Crippen LogP contribution in [0, 0.1) is 5.92 Å². The van der Waals surface area contributed by atoms with Crippen molar-refractivity contribution < 1.29 is 9.59 Å². The molecule has 2 amide bonds. The molecule has 1 aliphatic heterocycles. The first-order valence-corrected chi connectivity index (χ1v) is 6.39. The van der Waals surface area contributed by atoms with Gasteiger partial charge in [0.15, 0.2) is 0 Å². The maximum Gasteiger partial charge on any atom is 0.220 e. The minimum atomic E-state index is -0.337. The third kappa shape index (κ3) is 5.68. The molecule has 4 N–H and O–H groups in total. The largest absolute Gasteiger partial charge is 0.369 e. The zero-order valence-corrected chi connectivity index (χ0v) is 10.5. The average Bonchev–Trinajstić information content (AvgIpc) is 2.54. The van der Waals surface area contributed by atoms with Gasteiger partial charge in [-0.1, -0.05) is 6.92 Å². The van der Waals surface area contributed by atoms with Crippen LogP contribution in [0.3, 0.4) is 0 Å². The van der Waals surface area contributed by atoms with Crippen molar-refractivity contribution in [2.45, 2.75) is 45.1 Å². The Hall–Kier alpha value is -1.10. The Morgan fingerprint density at radius 2 is 2.18 bits per heavy atom. The summed E-state index contributed by atoms with van der Waals surface area (Å²) in [5, 5.41) is 6.33. The van der Waals surface area contributed by atoms with Crippen LogP contribution in [0.4, 0.5) is 0 Å². The fourth-order valence-electron chi connectivity index (χ4n) is 1.95. The van der Waals surface area contributed by atoms with Gasteiger partial charge in [-0.05, 0) is 38.8 Å². The number of hydrogen-bond donors (Lipinski definition) is 3. The van der Waals surface area contributed by atoms with Crippen molar-refractivity contribution in [1.29, 1.82) is 0 Å². The van der Waals surface area contributed by atoms with Crippen LogP contribution in [0.25, 0.3) is 0 Å². The molecule has 0 aliphatic carbocycles. The molecule has 1 heterocycles. The van der Waals surface area contributed by atoms with Crippen LogP contribution in [-0.2, 0) is 9.59 Å². The summed E-state index contributed by atoms with van der Waals surface area (Å²) in [6.07, 6.45) is 4.03. The highest BCUT2D eigenvalue weighted by Crippen LogP contribution is 2.08. The Morgan fingerprint density at radius 1 is 1.41 bits per heavy atom. The van der Waals surface area contributed by atoms with Crippen LogP contribution in [0.1, 0.15) is 39.0 Å². The molecule has 0 aromatic rings. The minimum Gasteiger partial charge on any atom is -0.369 e. The van der Waals surface area contributed by atoms with Crippen LogP contribution >= 0.6 is 0 Å². The second-order valence-electron chi connectivity index (χ2n) is 4.79. The van der Waals surface area contributed by atoms with E-state index in [1.165, 1.54) is 0 Å². The zero-order chi connectivity index (χ0) is 12.7. The maximum atomic E-state index is 11.7. The molecule has 1 saturated heterocycles. The number of amides is 2. The van der Waals surface area contributed by atoms with Gasteiger partial charge in [-0.15, -0.1) is 0 Å². The van der Waals surface area contributed by atoms with Crippen molar-refractivity contribution >= 4 is 11.8 Å². The van der Waals surface area contributed by atoms with Gasteiger partial charge in [0.2, 0.25) is 11.8 Å². The van der Waals surface area contributed by atoms with E-state index in [0.717, 1.165) is 32.4 Å². The number of hydrogen-bond acceptors (Lipinski definition) is 3. The van der Waals surface area contributed by atoms with Crippen molar-refractivity contribution in [2.75, 3.05) is 13.1 Å². The summed E-state index contributed by atoms with van der Waals surface area (Å²) >= 11 is 0. The highest BCUT2D eigenvalue weighted by molar-refractivity contribution is 5.79. The average molecular weight is 241 g/mol. The molecular weight excluding hydrogens is 218 g/mol. The second kappa shape index (κ2) is 7.27. The number of nitrogens with one attached hydrogen (secondary N) is 2. The zero-order valence-electron chi connectivity index (χ0n) is 10.5. The first kappa shape index (κ1) is 14.0. The van der Waals surface area contributed by atoms with Crippen LogP contribution in [0.2, 0.25) is 0 Å². The van der Waals surface area contributed by atoms with Crippen molar-refractivity contribution in [3.05, 3.63) is 0 Å². The molecule has 1 aliphatic rings. The summed E-state index contributed by atoms with van der Waals surface area (Å²) < 4.78 is 0. The van der Waals surface area contributed by atoms with Crippen LogP contribution in [0.5, 0.6) is 0 Å². The summed E-state index contributed by atoms with van der Waals surface area (Å²) in [5.74, 6) is -0.530. The normalized spacial score (nSPS) is 22.5. The van der Waals surface area contributed by atoms with E-state index >= 15 is 0 Å². The lowest BCUT2D eigenvalue weighted by Crippen LogP contribution is -2.35. The van der Waals surface area contributed by atoms with Gasteiger partial charge in [-0.25, -0.2) is 0 Å². The predicted molar refractivity (Wildman–Crippen MR) is 66.2 cm³/mol. The Balaban J connectivity index is 2.21. The summed E-state index contributed by atoms with van der Waals surface area (Å²) in [6, 6.07) is 0.279. The van der Waals surface area contributed by atoms with Gasteiger partial charge < -0.3 is 16.4 Å². The summed E-state index contributed by atoms with van der Waals surface area (Å²) in [4.78, 5) is 22.5. The van der Waals surface area contributed by atoms with Crippen molar-refractivity contribution in [2.24, 2.45) is 11.7 Å². The van der Waals surface area contributed by atoms with E-state index in [0.29, 0.717) is 12.8 Å². The maximum absolute atomic E-state index is 11.7. The standard InChI is InChI=1S/C12H23N3O2/c1-9(12(13)17)4-5-11(16)15-10-3-2-7-14-8-6-10/h9-10,14H,2-8H2,1H3,(H2,13,17)(H,15,16)/t9?,10-/m0/s1. The first-order chi connectivity index (χ1) is 8.09. The van der Waals surface area contributed by atoms with E-state index in [1.54, 1.807) is 6.92 Å². The molecule has 0 saturated carbocycles. The Morgan fingerprint density at radius 3 is 2.88 bits per heavy atom. The molecule has 98 valence electrons. The van der Waals surface area contributed by atoms with Gasteiger partial charge in [-0.3, -0.25) is 9.59 Å². The van der Waals surface area contributed by atoms with Gasteiger partial charge in [0, 0.05) is 18.4 Å². The van der Waals surface area contributed by atoms with Crippen molar-refractivity contribution in [1.82, 2.24) is 10.6 Å². The lowest BCUT2D eigenvalue weighted by atomic mass is 10.0. The Kier molecular flexibility index (Phi) is 5.97. The van der Waals surface area contributed by atoms with Gasteiger partial charge in [0.05, 0.1) is 0 Å². The molecule has 5 nitrogen and oxygen atoms in total. The van der Waals surface area contributed by atoms with Gasteiger partial charge in [-0.2, -0.15) is 0 Å². The van der Waals surface area contributed by atoms with Gasteiger partial charge in [0.25, 0.3) is 0 Å². The summed E-state index contributed by atoms with van der Waals surface area (Å²) in [5.41, 5.74) is 5.15. The molecule has 5 heteroatoms. The third-order valence-corrected chi connectivity index (χ3v) is 3.23. The number of carbonyl (C=O) groups is 2.